The molecular formula is C51H90N22O14. The highest BCUT2D eigenvalue weighted by molar-refractivity contribution is 5.98. The number of aromatic nitrogens is 2. The second kappa shape index (κ2) is 40.0. The molecule has 0 unspecified atom stereocenters. The molecule has 36 nitrogen and oxygen atoms in total. The van der Waals surface area contributed by atoms with E-state index in [0.717, 1.165) is 0 Å². The number of hydrogen-bond acceptors (Lipinski definition) is 17. The van der Waals surface area contributed by atoms with Crippen molar-refractivity contribution in [2.45, 2.75) is 172 Å². The maximum atomic E-state index is 14.3. The van der Waals surface area contributed by atoms with Crippen LogP contribution in [0.15, 0.2) is 27.5 Å². The summed E-state index contributed by atoms with van der Waals surface area (Å²) in [4.78, 5) is 177. The molecule has 0 spiro atoms. The molecule has 0 saturated carbocycles. The Morgan fingerprint density at radius 1 is 0.494 bits per heavy atom. The van der Waals surface area contributed by atoms with Crippen LogP contribution in [0.25, 0.3) is 0 Å². The Balaban J connectivity index is 3.42. The second-order valence-electron chi connectivity index (χ2n) is 21.2. The number of amides is 10. The summed E-state index contributed by atoms with van der Waals surface area (Å²) in [5.74, 6) is -12.9. The first-order chi connectivity index (χ1) is 40.8. The number of H-pyrrole nitrogens is 1. The Morgan fingerprint density at radius 2 is 0.908 bits per heavy atom. The lowest BCUT2D eigenvalue weighted by Gasteiger charge is -2.27. The van der Waals surface area contributed by atoms with E-state index in [9.17, 15) is 67.7 Å². The van der Waals surface area contributed by atoms with E-state index in [1.54, 1.807) is 27.7 Å². The van der Waals surface area contributed by atoms with Crippen LogP contribution in [-0.2, 0) is 64.0 Å². The third-order valence-corrected chi connectivity index (χ3v) is 12.5. The first-order valence-electron chi connectivity index (χ1n) is 28.1. The Kier molecular flexibility index (Phi) is 34.8. The summed E-state index contributed by atoms with van der Waals surface area (Å²) < 4.78 is 0. The van der Waals surface area contributed by atoms with Crippen LogP contribution in [0.3, 0.4) is 0 Å². The van der Waals surface area contributed by atoms with Gasteiger partial charge in [-0.05, 0) is 83.0 Å². The lowest BCUT2D eigenvalue weighted by atomic mass is 10.0. The summed E-state index contributed by atoms with van der Waals surface area (Å²) in [7, 11) is 0. The van der Waals surface area contributed by atoms with Gasteiger partial charge in [-0.3, -0.25) is 67.7 Å². The number of aliphatic carboxylic acids is 2. The van der Waals surface area contributed by atoms with Gasteiger partial charge >= 0.3 is 11.9 Å². The first kappa shape index (κ1) is 75.6. The summed E-state index contributed by atoms with van der Waals surface area (Å²) in [6.45, 7) is 7.86. The van der Waals surface area contributed by atoms with Gasteiger partial charge in [-0.15, -0.1) is 0 Å². The molecule has 1 heterocycles. The molecule has 1 aromatic rings. The number of aliphatic imine (C=N–C) groups is 3. The Morgan fingerprint density at radius 3 is 1.37 bits per heavy atom. The van der Waals surface area contributed by atoms with Crippen molar-refractivity contribution >= 4 is 88.9 Å². The van der Waals surface area contributed by atoms with E-state index in [0.29, 0.717) is 5.69 Å². The van der Waals surface area contributed by atoms with E-state index in [1.165, 1.54) is 19.4 Å². The molecule has 0 aliphatic rings. The van der Waals surface area contributed by atoms with E-state index in [2.05, 4.69) is 72.8 Å². The first-order valence-corrected chi connectivity index (χ1v) is 28.1. The van der Waals surface area contributed by atoms with E-state index in [-0.39, 0.29) is 107 Å². The fourth-order valence-electron chi connectivity index (χ4n) is 8.09. The molecule has 36 heteroatoms. The molecule has 488 valence electrons. The molecule has 0 radical (unpaired) electrons. The van der Waals surface area contributed by atoms with E-state index < -0.39 is 158 Å². The standard InChI is InChI=1S/C51H90N22O14/c1-25(2)19-34(42(80)64-23-38(75)67-35(20-26(3)4)46(84)66-27(5)40(78)71-33(48(86)87)11-8-18-63-51(58)59)72-47(85)36(21-28-22-60-24-65-28)73-45(83)31(12-14-37(53)74)69-44(82)32(13-15-39(76)77)70-43(81)30(10-7-17-62-50(56)57)68-41(79)29(52)9-6-16-61-49(54)55/h22,24-27,29-36H,6-21,23,52H2,1-5H3,(H2,53,74)(H,60,65)(H,64,80)(H,66,84)(H,67,75)(H,68,79)(H,69,82)(H,70,81)(H,71,78)(H,72,85)(H,73,83)(H,76,77)(H,86,87)(H4,54,55,61)(H4,56,57,62)(H4,58,59,63)/t27-,29-,30-,31-,32-,33-,34-,35-,36-/m0/s1. The minimum atomic E-state index is -1.70. The minimum absolute atomic E-state index is 0.0122. The Labute approximate surface area is 502 Å². The molecule has 0 fully saturated rings. The number of guanidine groups is 3. The van der Waals surface area contributed by atoms with Crippen molar-refractivity contribution in [1.29, 1.82) is 0 Å². The van der Waals surface area contributed by atoms with Crippen LogP contribution in [0.5, 0.6) is 0 Å². The van der Waals surface area contributed by atoms with Crippen molar-refractivity contribution in [3.8, 4) is 0 Å². The molecule has 0 bridgehead atoms. The van der Waals surface area contributed by atoms with Crippen molar-refractivity contribution in [3.63, 3.8) is 0 Å². The number of hydrogen-bond donors (Lipinski definition) is 20. The van der Waals surface area contributed by atoms with Gasteiger partial charge in [0.05, 0.1) is 18.9 Å². The van der Waals surface area contributed by atoms with Gasteiger partial charge in [0, 0.05) is 50.8 Å². The fraction of sp³-hybridized carbons (Fsp3) is 0.647. The Hall–Kier alpha value is -9.38. The smallest absolute Gasteiger partial charge is 0.326 e. The lowest BCUT2D eigenvalue weighted by Crippen LogP contribution is -2.60. The van der Waals surface area contributed by atoms with Gasteiger partial charge in [0.15, 0.2) is 17.9 Å². The summed E-state index contributed by atoms with van der Waals surface area (Å²) >= 11 is 0. The van der Waals surface area contributed by atoms with Gasteiger partial charge in [0.25, 0.3) is 0 Å². The summed E-state index contributed by atoms with van der Waals surface area (Å²) in [6.07, 6.45) is 0.678. The van der Waals surface area contributed by atoms with Crippen LogP contribution < -0.4 is 93.7 Å². The van der Waals surface area contributed by atoms with Crippen molar-refractivity contribution in [2.24, 2.45) is 72.7 Å². The number of carboxylic acid groups (broad SMARTS) is 2. The van der Waals surface area contributed by atoms with Crippen LogP contribution >= 0.6 is 0 Å². The van der Waals surface area contributed by atoms with Crippen molar-refractivity contribution < 1.29 is 67.7 Å². The number of carboxylic acids is 2. The molecule has 9 atom stereocenters. The number of nitrogens with two attached hydrogens (primary N) is 8. The Bertz CT molecular complexity index is 2550. The lowest BCUT2D eigenvalue weighted by molar-refractivity contribution is -0.142. The van der Waals surface area contributed by atoms with Crippen LogP contribution in [-0.4, -0.2) is 190 Å². The van der Waals surface area contributed by atoms with Crippen molar-refractivity contribution in [1.82, 2.24) is 57.8 Å². The molecule has 1 aromatic heterocycles. The highest BCUT2D eigenvalue weighted by Crippen LogP contribution is 2.12. The summed E-state index contributed by atoms with van der Waals surface area (Å²) in [5, 5.41) is 41.5. The third-order valence-electron chi connectivity index (χ3n) is 12.5. The fourth-order valence-corrected chi connectivity index (χ4v) is 8.09. The SMILES string of the molecule is CC(C)C[C@H](NC(=O)CNC(=O)[C@H](CC(C)C)NC(=O)[C@H](Cc1cnc[nH]1)NC(=O)[C@H](CCC(N)=O)NC(=O)[C@H](CCC(=O)O)NC(=O)[C@H](CCCN=C(N)N)NC(=O)[C@@H](N)CCCN=C(N)N)C(=O)N[C@@H](C)C(=O)N[C@@H](CCCN=C(N)N)C(=O)O. The van der Waals surface area contributed by atoms with Gasteiger partial charge in [-0.2, -0.15) is 0 Å². The second-order valence-corrected chi connectivity index (χ2v) is 21.2. The maximum absolute atomic E-state index is 14.3. The number of carbonyl (C=O) groups is 12. The van der Waals surface area contributed by atoms with Crippen LogP contribution in [0.1, 0.15) is 117 Å². The number of nitrogens with zero attached hydrogens (tertiary/aromatic N) is 4. The van der Waals surface area contributed by atoms with Crippen LogP contribution in [0.4, 0.5) is 0 Å². The largest absolute Gasteiger partial charge is 0.481 e. The molecule has 0 aliphatic heterocycles. The highest BCUT2D eigenvalue weighted by Gasteiger charge is 2.35. The molecule has 10 amide bonds. The minimum Gasteiger partial charge on any atom is -0.481 e. The normalized spacial score (nSPS) is 14.0. The van der Waals surface area contributed by atoms with E-state index in [1.807, 2.05) is 0 Å². The maximum Gasteiger partial charge on any atom is 0.326 e. The summed E-state index contributed by atoms with van der Waals surface area (Å²) in [6, 6.07) is -12.7. The summed E-state index contributed by atoms with van der Waals surface area (Å²) in [5.41, 5.74) is 44.0. The zero-order chi connectivity index (χ0) is 65.9. The predicted molar refractivity (Wildman–Crippen MR) is 316 cm³/mol. The average Bonchev–Trinajstić information content (AvgIpc) is 4.19. The number of aromatic amines is 1. The van der Waals surface area contributed by atoms with Gasteiger partial charge in [-0.1, -0.05) is 27.7 Å². The molecule has 0 aromatic carbocycles. The number of primary amides is 1. The van der Waals surface area contributed by atoms with Crippen LogP contribution in [0.2, 0.25) is 0 Å². The zero-order valence-corrected chi connectivity index (χ0v) is 49.7. The van der Waals surface area contributed by atoms with Gasteiger partial charge < -0.3 is 109 Å². The number of rotatable bonds is 43. The molecule has 0 aliphatic carbocycles. The van der Waals surface area contributed by atoms with Crippen LogP contribution in [0, 0.1) is 11.8 Å². The molecule has 0 saturated heterocycles. The monoisotopic (exact) mass is 1230 g/mol. The third kappa shape index (κ3) is 33.0. The topological polar surface area (TPSA) is 627 Å². The number of nitrogens with one attached hydrogen (secondary N) is 10. The molecule has 87 heavy (non-hydrogen) atoms. The van der Waals surface area contributed by atoms with E-state index in [4.69, 9.17) is 45.9 Å². The number of imidazole rings is 1. The highest BCUT2D eigenvalue weighted by atomic mass is 16.4. The van der Waals surface area contributed by atoms with Crippen molar-refractivity contribution in [2.75, 3.05) is 26.2 Å². The van der Waals surface area contributed by atoms with Crippen molar-refractivity contribution in [3.05, 3.63) is 18.2 Å². The zero-order valence-electron chi connectivity index (χ0n) is 49.7. The number of carbonyl (C=O) groups excluding carboxylic acids is 10. The quantitative estimate of drug-likeness (QED) is 0.0164. The average molecular weight is 1240 g/mol. The van der Waals surface area contributed by atoms with Gasteiger partial charge in [-0.25, -0.2) is 9.78 Å². The molecule has 28 N–H and O–H groups in total. The predicted octanol–water partition coefficient (Wildman–Crippen LogP) is -7.24. The molecular weight excluding hydrogens is 1140 g/mol. The molecule has 1 rings (SSSR count). The van der Waals surface area contributed by atoms with Gasteiger partial charge in [0.2, 0.25) is 59.1 Å². The van der Waals surface area contributed by atoms with E-state index >= 15 is 0 Å². The van der Waals surface area contributed by atoms with Gasteiger partial charge in [0.1, 0.15) is 48.3 Å².